The van der Waals surface area contributed by atoms with Crippen molar-refractivity contribution in [2.45, 2.75) is 37.9 Å². The Kier molecular flexibility index (Phi) is 2.73. The van der Waals surface area contributed by atoms with Crippen molar-refractivity contribution in [2.24, 2.45) is 0 Å². The van der Waals surface area contributed by atoms with E-state index in [1.807, 2.05) is 0 Å². The SMILES string of the molecule is O=[N+]([O-])c1cc2c(cc1[N+](=O)[O-])OC1(CCCCC1)O2. The second-order valence-electron chi connectivity index (χ2n) is 4.98. The molecule has 1 spiro atoms. The zero-order chi connectivity index (χ0) is 14.3. The van der Waals surface area contributed by atoms with E-state index in [9.17, 15) is 20.2 Å². The molecule has 0 bridgehead atoms. The Labute approximate surface area is 113 Å². The average molecular weight is 280 g/mol. The fourth-order valence-electron chi connectivity index (χ4n) is 2.71. The van der Waals surface area contributed by atoms with Gasteiger partial charge in [-0.15, -0.1) is 0 Å². The van der Waals surface area contributed by atoms with E-state index in [1.165, 1.54) is 0 Å². The van der Waals surface area contributed by atoms with Gasteiger partial charge in [-0.1, -0.05) is 6.42 Å². The maximum atomic E-state index is 10.9. The lowest BCUT2D eigenvalue weighted by Gasteiger charge is -2.31. The Morgan fingerprint density at radius 1 is 0.900 bits per heavy atom. The second kappa shape index (κ2) is 4.32. The molecule has 0 N–H and O–H groups in total. The first kappa shape index (κ1) is 12.6. The van der Waals surface area contributed by atoms with Crippen LogP contribution >= 0.6 is 0 Å². The molecule has 8 heteroatoms. The summed E-state index contributed by atoms with van der Waals surface area (Å²) in [4.78, 5) is 20.2. The Morgan fingerprint density at radius 3 is 1.75 bits per heavy atom. The van der Waals surface area contributed by atoms with E-state index in [4.69, 9.17) is 9.47 Å². The maximum absolute atomic E-state index is 10.9. The van der Waals surface area contributed by atoms with Gasteiger partial charge in [0.25, 0.3) is 5.79 Å². The van der Waals surface area contributed by atoms with Crippen LogP contribution < -0.4 is 9.47 Å². The van der Waals surface area contributed by atoms with Gasteiger partial charge in [-0.3, -0.25) is 20.2 Å². The minimum Gasteiger partial charge on any atom is -0.448 e. The highest BCUT2D eigenvalue weighted by atomic mass is 16.7. The van der Waals surface area contributed by atoms with Crippen LogP contribution in [0, 0.1) is 20.2 Å². The molecule has 1 aliphatic carbocycles. The molecule has 1 heterocycles. The van der Waals surface area contributed by atoms with E-state index in [0.717, 1.165) is 31.4 Å². The van der Waals surface area contributed by atoms with Crippen molar-refractivity contribution in [3.8, 4) is 11.5 Å². The molecule has 0 saturated heterocycles. The van der Waals surface area contributed by atoms with Gasteiger partial charge in [0.15, 0.2) is 11.5 Å². The lowest BCUT2D eigenvalue weighted by molar-refractivity contribution is -0.422. The predicted octanol–water partition coefficient (Wildman–Crippen LogP) is 2.93. The van der Waals surface area contributed by atoms with Gasteiger partial charge < -0.3 is 9.47 Å². The molecule has 1 aromatic carbocycles. The minimum atomic E-state index is -0.802. The zero-order valence-electron chi connectivity index (χ0n) is 10.5. The Bertz CT molecular complexity index is 549. The Balaban J connectivity index is 2.01. The number of fused-ring (bicyclic) bond motifs is 1. The van der Waals surface area contributed by atoms with Crippen molar-refractivity contribution in [1.29, 1.82) is 0 Å². The first-order valence-electron chi connectivity index (χ1n) is 6.36. The first-order chi connectivity index (χ1) is 9.51. The van der Waals surface area contributed by atoms with Gasteiger partial charge in [0, 0.05) is 12.8 Å². The molecule has 1 aromatic rings. The number of hydrogen-bond acceptors (Lipinski definition) is 6. The van der Waals surface area contributed by atoms with Crippen LogP contribution in [-0.2, 0) is 0 Å². The minimum absolute atomic E-state index is 0.212. The summed E-state index contributed by atoms with van der Waals surface area (Å²) < 4.78 is 11.4. The molecule has 0 aromatic heterocycles. The zero-order valence-corrected chi connectivity index (χ0v) is 10.5. The quantitative estimate of drug-likeness (QED) is 0.609. The van der Waals surface area contributed by atoms with Crippen LogP contribution in [-0.4, -0.2) is 15.6 Å². The van der Waals surface area contributed by atoms with Crippen molar-refractivity contribution in [1.82, 2.24) is 0 Å². The van der Waals surface area contributed by atoms with E-state index in [2.05, 4.69) is 0 Å². The monoisotopic (exact) mass is 280 g/mol. The summed E-state index contributed by atoms with van der Waals surface area (Å²) in [6, 6.07) is 2.16. The molecule has 8 nitrogen and oxygen atoms in total. The largest absolute Gasteiger partial charge is 0.448 e. The molecule has 2 aliphatic rings. The van der Waals surface area contributed by atoms with E-state index < -0.39 is 27.0 Å². The number of hydrogen-bond donors (Lipinski definition) is 0. The van der Waals surface area contributed by atoms with Crippen LogP contribution in [0.15, 0.2) is 12.1 Å². The summed E-state index contributed by atoms with van der Waals surface area (Å²) in [6.07, 6.45) is 4.34. The van der Waals surface area contributed by atoms with Gasteiger partial charge in [-0.2, -0.15) is 0 Å². The normalized spacial score (nSPS) is 19.0. The third-order valence-corrected chi connectivity index (χ3v) is 3.64. The van der Waals surface area contributed by atoms with Gasteiger partial charge >= 0.3 is 11.4 Å². The van der Waals surface area contributed by atoms with Crippen LogP contribution in [0.3, 0.4) is 0 Å². The highest BCUT2D eigenvalue weighted by Gasteiger charge is 2.44. The topological polar surface area (TPSA) is 105 Å². The fourth-order valence-corrected chi connectivity index (χ4v) is 2.71. The smallest absolute Gasteiger partial charge is 0.350 e. The van der Waals surface area contributed by atoms with Crippen LogP contribution in [0.2, 0.25) is 0 Å². The van der Waals surface area contributed by atoms with Gasteiger partial charge in [0.1, 0.15) is 0 Å². The van der Waals surface area contributed by atoms with E-state index in [1.54, 1.807) is 0 Å². The molecule has 1 saturated carbocycles. The number of nitrogens with zero attached hydrogens (tertiary/aromatic N) is 2. The van der Waals surface area contributed by atoms with E-state index in [-0.39, 0.29) is 11.5 Å². The van der Waals surface area contributed by atoms with Gasteiger partial charge in [0.2, 0.25) is 0 Å². The molecule has 1 fully saturated rings. The van der Waals surface area contributed by atoms with Crippen molar-refractivity contribution >= 4 is 11.4 Å². The van der Waals surface area contributed by atoms with Gasteiger partial charge in [-0.25, -0.2) is 0 Å². The van der Waals surface area contributed by atoms with Gasteiger partial charge in [-0.05, 0) is 12.8 Å². The number of benzene rings is 1. The van der Waals surface area contributed by atoms with E-state index in [0.29, 0.717) is 12.8 Å². The van der Waals surface area contributed by atoms with Crippen molar-refractivity contribution in [2.75, 3.05) is 0 Å². The highest BCUT2D eigenvalue weighted by molar-refractivity contribution is 5.63. The number of ether oxygens (including phenoxy) is 2. The summed E-state index contributed by atoms with van der Waals surface area (Å²) >= 11 is 0. The Hall–Kier alpha value is -2.38. The van der Waals surface area contributed by atoms with Gasteiger partial charge in [0.05, 0.1) is 22.0 Å². The van der Waals surface area contributed by atoms with Crippen LogP contribution in [0.5, 0.6) is 11.5 Å². The van der Waals surface area contributed by atoms with Crippen LogP contribution in [0.4, 0.5) is 11.4 Å². The predicted molar refractivity (Wildman–Crippen MR) is 66.8 cm³/mol. The molecule has 0 atom stereocenters. The summed E-state index contributed by atoms with van der Waals surface area (Å²) in [5.74, 6) is -0.377. The Morgan fingerprint density at radius 2 is 1.35 bits per heavy atom. The second-order valence-corrected chi connectivity index (χ2v) is 4.98. The fraction of sp³-hybridized carbons (Fsp3) is 0.500. The molecular formula is C12H12N2O6. The summed E-state index contributed by atoms with van der Waals surface area (Å²) in [5, 5.41) is 21.8. The molecule has 3 rings (SSSR count). The van der Waals surface area contributed by atoms with Crippen molar-refractivity contribution in [3.05, 3.63) is 32.4 Å². The summed E-state index contributed by atoms with van der Waals surface area (Å²) in [7, 11) is 0. The molecule has 0 radical (unpaired) electrons. The van der Waals surface area contributed by atoms with Crippen LogP contribution in [0.25, 0.3) is 0 Å². The standard InChI is InChI=1S/C12H12N2O6/c15-13(16)8-6-10-11(7-9(8)14(17)18)20-12(19-10)4-2-1-3-5-12/h6-7H,1-5H2. The number of nitro benzene ring substituents is 2. The molecule has 0 unspecified atom stereocenters. The van der Waals surface area contributed by atoms with Crippen molar-refractivity contribution < 1.29 is 19.3 Å². The summed E-state index contributed by atoms with van der Waals surface area (Å²) in [6.45, 7) is 0. The number of rotatable bonds is 2. The molecule has 20 heavy (non-hydrogen) atoms. The molecular weight excluding hydrogens is 268 g/mol. The molecule has 106 valence electrons. The third-order valence-electron chi connectivity index (χ3n) is 3.64. The molecule has 1 aliphatic heterocycles. The van der Waals surface area contributed by atoms with Crippen LogP contribution in [0.1, 0.15) is 32.1 Å². The number of nitro groups is 2. The average Bonchev–Trinajstić information content (AvgIpc) is 2.74. The lowest BCUT2D eigenvalue weighted by Crippen LogP contribution is -2.40. The third kappa shape index (κ3) is 1.93. The van der Waals surface area contributed by atoms with Crippen molar-refractivity contribution in [3.63, 3.8) is 0 Å². The van der Waals surface area contributed by atoms with E-state index >= 15 is 0 Å². The summed E-state index contributed by atoms with van der Waals surface area (Å²) in [5.41, 5.74) is -1.16. The highest BCUT2D eigenvalue weighted by Crippen LogP contribution is 2.49. The maximum Gasteiger partial charge on any atom is 0.350 e. The first-order valence-corrected chi connectivity index (χ1v) is 6.36. The lowest BCUT2D eigenvalue weighted by atomic mass is 9.94. The molecule has 0 amide bonds.